The SMILES string of the molecule is CCCc1cccc(CC(=O)S)c1. The molecule has 0 spiro atoms. The van der Waals surface area contributed by atoms with Crippen molar-refractivity contribution in [2.24, 2.45) is 0 Å². The molecule has 0 aliphatic carbocycles. The van der Waals surface area contributed by atoms with Crippen LogP contribution in [-0.4, -0.2) is 5.12 Å². The van der Waals surface area contributed by atoms with Crippen LogP contribution in [0.4, 0.5) is 0 Å². The van der Waals surface area contributed by atoms with Crippen molar-refractivity contribution in [2.75, 3.05) is 0 Å². The van der Waals surface area contributed by atoms with Gasteiger partial charge in [0, 0.05) is 6.42 Å². The number of thiol groups is 1. The molecule has 0 fully saturated rings. The molecule has 0 saturated carbocycles. The summed E-state index contributed by atoms with van der Waals surface area (Å²) in [4.78, 5) is 10.7. The Hall–Kier alpha value is -0.760. The smallest absolute Gasteiger partial charge is 0.190 e. The molecular weight excluding hydrogens is 180 g/mol. The van der Waals surface area contributed by atoms with E-state index in [-0.39, 0.29) is 5.12 Å². The molecule has 0 aliphatic heterocycles. The van der Waals surface area contributed by atoms with Crippen molar-refractivity contribution in [3.63, 3.8) is 0 Å². The highest BCUT2D eigenvalue weighted by Gasteiger charge is 1.98. The molecule has 0 saturated heterocycles. The van der Waals surface area contributed by atoms with Crippen molar-refractivity contribution in [3.05, 3.63) is 35.4 Å². The molecule has 0 aliphatic rings. The molecule has 0 atom stereocenters. The van der Waals surface area contributed by atoms with Gasteiger partial charge in [-0.15, -0.1) is 12.6 Å². The highest BCUT2D eigenvalue weighted by Crippen LogP contribution is 2.08. The molecule has 70 valence electrons. The van der Waals surface area contributed by atoms with Crippen molar-refractivity contribution in [2.45, 2.75) is 26.2 Å². The minimum Gasteiger partial charge on any atom is -0.287 e. The Morgan fingerprint density at radius 1 is 1.38 bits per heavy atom. The number of aryl methyl sites for hydroxylation is 1. The summed E-state index contributed by atoms with van der Waals surface area (Å²) in [6, 6.07) is 8.14. The van der Waals surface area contributed by atoms with Crippen molar-refractivity contribution < 1.29 is 4.79 Å². The monoisotopic (exact) mass is 194 g/mol. The number of benzene rings is 1. The van der Waals surface area contributed by atoms with E-state index in [1.807, 2.05) is 12.1 Å². The van der Waals surface area contributed by atoms with Crippen LogP contribution in [0.5, 0.6) is 0 Å². The lowest BCUT2D eigenvalue weighted by Crippen LogP contribution is -1.94. The lowest BCUT2D eigenvalue weighted by atomic mass is 10.1. The first-order chi connectivity index (χ1) is 6.22. The second-order valence-corrected chi connectivity index (χ2v) is 3.64. The van der Waals surface area contributed by atoms with Crippen LogP contribution in [-0.2, 0) is 17.6 Å². The van der Waals surface area contributed by atoms with Crippen LogP contribution in [0.15, 0.2) is 24.3 Å². The predicted octanol–water partition coefficient (Wildman–Crippen LogP) is 2.64. The van der Waals surface area contributed by atoms with Crippen molar-refractivity contribution in [3.8, 4) is 0 Å². The van der Waals surface area contributed by atoms with Crippen LogP contribution >= 0.6 is 12.6 Å². The van der Waals surface area contributed by atoms with Gasteiger partial charge in [-0.3, -0.25) is 4.79 Å². The van der Waals surface area contributed by atoms with Gasteiger partial charge in [-0.25, -0.2) is 0 Å². The summed E-state index contributed by atoms with van der Waals surface area (Å²) < 4.78 is 0. The van der Waals surface area contributed by atoms with E-state index in [0.717, 1.165) is 18.4 Å². The van der Waals surface area contributed by atoms with Gasteiger partial charge in [-0.2, -0.15) is 0 Å². The first kappa shape index (κ1) is 10.3. The maximum absolute atomic E-state index is 10.7. The fourth-order valence-electron chi connectivity index (χ4n) is 1.36. The Balaban J connectivity index is 2.73. The van der Waals surface area contributed by atoms with E-state index in [9.17, 15) is 4.79 Å². The van der Waals surface area contributed by atoms with Gasteiger partial charge in [0.2, 0.25) is 0 Å². The number of carbonyl (C=O) groups excluding carboxylic acids is 1. The minimum absolute atomic E-state index is 0.0753. The van der Waals surface area contributed by atoms with E-state index in [2.05, 4.69) is 31.7 Å². The summed E-state index contributed by atoms with van der Waals surface area (Å²) in [5.41, 5.74) is 2.36. The average Bonchev–Trinajstić information content (AvgIpc) is 2.04. The quantitative estimate of drug-likeness (QED) is 0.729. The second-order valence-electron chi connectivity index (χ2n) is 3.14. The Labute approximate surface area is 84.6 Å². The zero-order valence-electron chi connectivity index (χ0n) is 7.79. The Morgan fingerprint density at radius 3 is 2.69 bits per heavy atom. The molecule has 0 heterocycles. The highest BCUT2D eigenvalue weighted by atomic mass is 32.1. The standard InChI is InChI=1S/C11H14OS/c1-2-4-9-5-3-6-10(7-9)8-11(12)13/h3,5-7H,2,4,8H2,1H3,(H,12,13). The molecule has 0 N–H and O–H groups in total. The molecule has 0 bridgehead atoms. The third-order valence-electron chi connectivity index (χ3n) is 1.89. The third-order valence-corrected chi connectivity index (χ3v) is 2.04. The zero-order chi connectivity index (χ0) is 9.68. The second kappa shape index (κ2) is 5.07. The number of carbonyl (C=O) groups is 1. The van der Waals surface area contributed by atoms with E-state index in [4.69, 9.17) is 0 Å². The zero-order valence-corrected chi connectivity index (χ0v) is 8.68. The van der Waals surface area contributed by atoms with Crippen LogP contribution in [0.3, 0.4) is 0 Å². The normalized spacial score (nSPS) is 10.0. The minimum atomic E-state index is -0.0753. The van der Waals surface area contributed by atoms with Gasteiger partial charge in [0.1, 0.15) is 0 Å². The Morgan fingerprint density at radius 2 is 2.08 bits per heavy atom. The summed E-state index contributed by atoms with van der Waals surface area (Å²) in [5.74, 6) is 0. The van der Waals surface area contributed by atoms with Crippen molar-refractivity contribution >= 4 is 17.7 Å². The lowest BCUT2D eigenvalue weighted by molar-refractivity contribution is -0.110. The summed E-state index contributed by atoms with van der Waals surface area (Å²) in [5, 5.41) is -0.0753. The number of hydrogen-bond donors (Lipinski definition) is 1. The molecule has 1 aromatic rings. The molecule has 0 amide bonds. The molecule has 1 rings (SSSR count). The van der Waals surface area contributed by atoms with Gasteiger partial charge < -0.3 is 0 Å². The van der Waals surface area contributed by atoms with E-state index in [1.165, 1.54) is 5.56 Å². The molecule has 0 aromatic heterocycles. The van der Waals surface area contributed by atoms with Crippen LogP contribution in [0, 0.1) is 0 Å². The summed E-state index contributed by atoms with van der Waals surface area (Å²) in [7, 11) is 0. The first-order valence-electron chi connectivity index (χ1n) is 4.52. The largest absolute Gasteiger partial charge is 0.287 e. The van der Waals surface area contributed by atoms with Gasteiger partial charge >= 0.3 is 0 Å². The van der Waals surface area contributed by atoms with Gasteiger partial charge in [0.05, 0.1) is 0 Å². The highest BCUT2D eigenvalue weighted by molar-refractivity contribution is 7.96. The van der Waals surface area contributed by atoms with Gasteiger partial charge in [0.15, 0.2) is 5.12 Å². The molecule has 1 aromatic carbocycles. The van der Waals surface area contributed by atoms with Gasteiger partial charge in [-0.05, 0) is 17.5 Å². The van der Waals surface area contributed by atoms with E-state index < -0.39 is 0 Å². The van der Waals surface area contributed by atoms with Crippen LogP contribution in [0.2, 0.25) is 0 Å². The summed E-state index contributed by atoms with van der Waals surface area (Å²) >= 11 is 3.76. The van der Waals surface area contributed by atoms with E-state index in [0.29, 0.717) is 6.42 Å². The molecule has 13 heavy (non-hydrogen) atoms. The van der Waals surface area contributed by atoms with Gasteiger partial charge in [0.25, 0.3) is 0 Å². The summed E-state index contributed by atoms with van der Waals surface area (Å²) in [6.07, 6.45) is 2.65. The van der Waals surface area contributed by atoms with Crippen molar-refractivity contribution in [1.29, 1.82) is 0 Å². The molecule has 0 radical (unpaired) electrons. The summed E-state index contributed by atoms with van der Waals surface area (Å²) in [6.45, 7) is 2.15. The Kier molecular flexibility index (Phi) is 4.03. The number of hydrogen-bond acceptors (Lipinski definition) is 1. The third kappa shape index (κ3) is 3.64. The topological polar surface area (TPSA) is 17.1 Å². The molecule has 1 nitrogen and oxygen atoms in total. The van der Waals surface area contributed by atoms with Gasteiger partial charge in [-0.1, -0.05) is 37.6 Å². The predicted molar refractivity (Wildman–Crippen MR) is 58.1 cm³/mol. The van der Waals surface area contributed by atoms with E-state index >= 15 is 0 Å². The molecule has 0 unspecified atom stereocenters. The van der Waals surface area contributed by atoms with Crippen LogP contribution < -0.4 is 0 Å². The van der Waals surface area contributed by atoms with Crippen LogP contribution in [0.1, 0.15) is 24.5 Å². The van der Waals surface area contributed by atoms with Crippen molar-refractivity contribution in [1.82, 2.24) is 0 Å². The maximum atomic E-state index is 10.7. The molecular formula is C11H14OS. The lowest BCUT2D eigenvalue weighted by Gasteiger charge is -2.01. The molecule has 2 heteroatoms. The van der Waals surface area contributed by atoms with E-state index in [1.54, 1.807) is 0 Å². The fraction of sp³-hybridized carbons (Fsp3) is 0.364. The average molecular weight is 194 g/mol. The number of rotatable bonds is 4. The first-order valence-corrected chi connectivity index (χ1v) is 4.96. The van der Waals surface area contributed by atoms with Crippen LogP contribution in [0.25, 0.3) is 0 Å². The Bertz CT molecular complexity index is 294. The fourth-order valence-corrected chi connectivity index (χ4v) is 1.54. The maximum Gasteiger partial charge on any atom is 0.190 e.